The van der Waals surface area contributed by atoms with Crippen LogP contribution in [0.15, 0.2) is 50.8 Å². The van der Waals surface area contributed by atoms with Gasteiger partial charge in [-0.2, -0.15) is 4.31 Å². The molecule has 1 atom stereocenters. The van der Waals surface area contributed by atoms with E-state index in [1.807, 2.05) is 9.80 Å². The fraction of sp³-hybridized carbons (Fsp3) is 0.455. The predicted molar refractivity (Wildman–Crippen MR) is 124 cm³/mol. The molecule has 2 saturated heterocycles. The highest BCUT2D eigenvalue weighted by molar-refractivity contribution is 7.89. The fourth-order valence-electron chi connectivity index (χ4n) is 4.63. The van der Waals surface area contributed by atoms with Crippen molar-refractivity contribution in [3.05, 3.63) is 47.2 Å². The molecular formula is C22H26N6O5S. The number of sulfonamides is 1. The van der Waals surface area contributed by atoms with Gasteiger partial charge in [-0.3, -0.25) is 9.36 Å². The second-order valence-electron chi connectivity index (χ2n) is 8.62. The normalized spacial score (nSPS) is 20.1. The van der Waals surface area contributed by atoms with Crippen molar-refractivity contribution in [2.75, 3.05) is 44.2 Å². The number of carbonyl (C=O) groups excluding carboxylic acids is 1. The van der Waals surface area contributed by atoms with Crippen LogP contribution in [0.2, 0.25) is 0 Å². The Morgan fingerprint density at radius 2 is 1.82 bits per heavy atom. The molecule has 180 valence electrons. The van der Waals surface area contributed by atoms with Crippen LogP contribution in [-0.4, -0.2) is 77.3 Å². The predicted octanol–water partition coefficient (Wildman–Crippen LogP) is 0.671. The molecule has 2 aliphatic heterocycles. The standard InChI is InChI=1S/C22H26N6O5S/c1-25-18-6-5-17(14-19(18)33-22(25)30)34(31,32)28-9-2-4-16(15-28)20(29)26-10-12-27(13-11-26)21-23-7-3-8-24-21/h3,5-8,14,16H,2,4,9-13,15H2,1H3. The number of hydrogen-bond donors (Lipinski definition) is 0. The number of hydrogen-bond acceptors (Lipinski definition) is 8. The van der Waals surface area contributed by atoms with E-state index < -0.39 is 15.8 Å². The Morgan fingerprint density at radius 1 is 1.09 bits per heavy atom. The zero-order valence-corrected chi connectivity index (χ0v) is 19.6. The first-order valence-electron chi connectivity index (χ1n) is 11.2. The van der Waals surface area contributed by atoms with Crippen molar-refractivity contribution in [1.82, 2.24) is 23.7 Å². The van der Waals surface area contributed by atoms with Crippen molar-refractivity contribution in [3.8, 4) is 0 Å². The van der Waals surface area contributed by atoms with Gasteiger partial charge in [0.25, 0.3) is 0 Å². The molecular weight excluding hydrogens is 460 g/mol. The van der Waals surface area contributed by atoms with Crippen molar-refractivity contribution >= 4 is 33.0 Å². The third-order valence-corrected chi connectivity index (χ3v) is 8.42. The van der Waals surface area contributed by atoms with Gasteiger partial charge in [0.1, 0.15) is 0 Å². The molecule has 11 nitrogen and oxygen atoms in total. The van der Waals surface area contributed by atoms with Crippen LogP contribution in [0.1, 0.15) is 12.8 Å². The van der Waals surface area contributed by atoms with Gasteiger partial charge in [0.05, 0.1) is 16.3 Å². The van der Waals surface area contributed by atoms with E-state index in [4.69, 9.17) is 4.42 Å². The van der Waals surface area contributed by atoms with Crippen LogP contribution < -0.4 is 10.7 Å². The van der Waals surface area contributed by atoms with E-state index >= 15 is 0 Å². The van der Waals surface area contributed by atoms with E-state index in [9.17, 15) is 18.0 Å². The summed E-state index contributed by atoms with van der Waals surface area (Å²) < 4.78 is 34.5. The highest BCUT2D eigenvalue weighted by Gasteiger charge is 2.36. The van der Waals surface area contributed by atoms with Gasteiger partial charge >= 0.3 is 5.76 Å². The minimum absolute atomic E-state index is 0.0157. The molecule has 0 bridgehead atoms. The van der Waals surface area contributed by atoms with Crippen LogP contribution in [0.5, 0.6) is 0 Å². The highest BCUT2D eigenvalue weighted by Crippen LogP contribution is 2.27. The molecule has 2 aliphatic rings. The van der Waals surface area contributed by atoms with E-state index in [2.05, 4.69) is 9.97 Å². The average Bonchev–Trinajstić information content (AvgIpc) is 3.17. The lowest BCUT2D eigenvalue weighted by Crippen LogP contribution is -2.53. The molecule has 0 radical (unpaired) electrons. The first-order valence-corrected chi connectivity index (χ1v) is 12.7. The van der Waals surface area contributed by atoms with Crippen molar-refractivity contribution in [1.29, 1.82) is 0 Å². The number of nitrogens with zero attached hydrogens (tertiary/aromatic N) is 6. The first-order chi connectivity index (χ1) is 16.3. The maximum absolute atomic E-state index is 13.3. The second kappa shape index (κ2) is 8.84. The van der Waals surface area contributed by atoms with Crippen molar-refractivity contribution in [2.45, 2.75) is 17.7 Å². The number of anilines is 1. The van der Waals surface area contributed by atoms with Gasteiger partial charge in [0.2, 0.25) is 21.9 Å². The summed E-state index contributed by atoms with van der Waals surface area (Å²) in [5, 5.41) is 0. The van der Waals surface area contributed by atoms with E-state index in [0.29, 0.717) is 57.0 Å². The largest absolute Gasteiger partial charge is 0.419 e. The Morgan fingerprint density at radius 3 is 2.56 bits per heavy atom. The summed E-state index contributed by atoms with van der Waals surface area (Å²) in [6.45, 7) is 2.84. The average molecular weight is 487 g/mol. The number of benzene rings is 1. The molecule has 12 heteroatoms. The van der Waals surface area contributed by atoms with Gasteiger partial charge in [-0.1, -0.05) is 0 Å². The smallest absolute Gasteiger partial charge is 0.408 e. The lowest BCUT2D eigenvalue weighted by molar-refractivity contribution is -0.137. The quantitative estimate of drug-likeness (QED) is 0.528. The van der Waals surface area contributed by atoms with E-state index in [1.165, 1.54) is 21.0 Å². The molecule has 1 unspecified atom stereocenters. The number of piperidine rings is 1. The van der Waals surface area contributed by atoms with Crippen molar-refractivity contribution < 1.29 is 17.6 Å². The lowest BCUT2D eigenvalue weighted by Gasteiger charge is -2.38. The molecule has 4 heterocycles. The monoisotopic (exact) mass is 486 g/mol. The van der Waals surface area contributed by atoms with E-state index in [0.717, 1.165) is 0 Å². The molecule has 1 amide bonds. The van der Waals surface area contributed by atoms with E-state index in [1.54, 1.807) is 31.6 Å². The number of aromatic nitrogens is 3. The Kier molecular flexibility index (Phi) is 5.86. The summed E-state index contributed by atoms with van der Waals surface area (Å²) in [6.07, 6.45) is 4.65. The summed E-state index contributed by atoms with van der Waals surface area (Å²) in [5.41, 5.74) is 0.745. The summed E-state index contributed by atoms with van der Waals surface area (Å²) in [5.74, 6) is -0.303. The number of amides is 1. The van der Waals surface area contributed by atoms with Crippen molar-refractivity contribution in [3.63, 3.8) is 0 Å². The van der Waals surface area contributed by atoms with Crippen molar-refractivity contribution in [2.24, 2.45) is 13.0 Å². The number of fused-ring (bicyclic) bond motifs is 1. The zero-order valence-electron chi connectivity index (χ0n) is 18.8. The molecule has 2 aromatic heterocycles. The Hall–Kier alpha value is -3.25. The molecule has 3 aromatic rings. The highest BCUT2D eigenvalue weighted by atomic mass is 32.2. The van der Waals surface area contributed by atoms with Gasteiger partial charge in [0, 0.05) is 64.8 Å². The number of oxazole rings is 1. The number of piperazine rings is 1. The van der Waals surface area contributed by atoms with Crippen LogP contribution >= 0.6 is 0 Å². The molecule has 5 rings (SSSR count). The molecule has 0 spiro atoms. The molecule has 34 heavy (non-hydrogen) atoms. The van der Waals surface area contributed by atoms with Gasteiger partial charge < -0.3 is 14.2 Å². The Balaban J connectivity index is 1.27. The van der Waals surface area contributed by atoms with Crippen LogP contribution in [-0.2, 0) is 21.9 Å². The maximum atomic E-state index is 13.3. The molecule has 1 aromatic carbocycles. The molecule has 2 fully saturated rings. The molecule has 0 saturated carbocycles. The fourth-order valence-corrected chi connectivity index (χ4v) is 6.17. The molecule has 0 N–H and O–H groups in total. The minimum Gasteiger partial charge on any atom is -0.408 e. The Bertz CT molecular complexity index is 1360. The van der Waals surface area contributed by atoms with Gasteiger partial charge in [-0.25, -0.2) is 23.2 Å². The van der Waals surface area contributed by atoms with E-state index in [-0.39, 0.29) is 28.8 Å². The van der Waals surface area contributed by atoms with Gasteiger partial charge in [-0.15, -0.1) is 0 Å². The van der Waals surface area contributed by atoms with Crippen LogP contribution in [0, 0.1) is 5.92 Å². The third kappa shape index (κ3) is 4.07. The van der Waals surface area contributed by atoms with Crippen LogP contribution in [0.25, 0.3) is 11.1 Å². The molecule has 0 aliphatic carbocycles. The number of carbonyl (C=O) groups is 1. The summed E-state index contributed by atoms with van der Waals surface area (Å²) in [6, 6.07) is 6.18. The first kappa shape index (κ1) is 22.5. The second-order valence-corrected chi connectivity index (χ2v) is 10.6. The minimum atomic E-state index is -3.83. The number of rotatable bonds is 4. The Labute approximate surface area is 196 Å². The van der Waals surface area contributed by atoms with Crippen LogP contribution in [0.4, 0.5) is 5.95 Å². The summed E-state index contributed by atoms with van der Waals surface area (Å²) >= 11 is 0. The summed E-state index contributed by atoms with van der Waals surface area (Å²) in [4.78, 5) is 37.4. The topological polar surface area (TPSA) is 122 Å². The van der Waals surface area contributed by atoms with Crippen LogP contribution in [0.3, 0.4) is 0 Å². The van der Waals surface area contributed by atoms with Gasteiger partial charge in [-0.05, 0) is 31.0 Å². The third-order valence-electron chi connectivity index (χ3n) is 6.56. The SMILES string of the molecule is Cn1c(=O)oc2cc(S(=O)(=O)N3CCCC(C(=O)N4CCN(c5ncccn5)CC4)C3)ccc21. The maximum Gasteiger partial charge on any atom is 0.419 e. The lowest BCUT2D eigenvalue weighted by atomic mass is 9.98. The number of aryl methyl sites for hydroxylation is 1. The van der Waals surface area contributed by atoms with Gasteiger partial charge in [0.15, 0.2) is 5.58 Å². The zero-order chi connectivity index (χ0) is 23.9. The summed E-state index contributed by atoms with van der Waals surface area (Å²) in [7, 11) is -2.27.